The standard InChI is InChI=1S/C35H31N5O6S/c36-31-11-5-23(19-37-31)21-1-3-22(4-2-21)34-38-28-9-7-26(18-30(28)47-34)46-16-14-44-13-15-45-25-6-8-27-24(17-25)20-40(35(27)43)29-10-12-32(41)39-33(29)42/h1-9,11,17-19,29H,10,12-16,20H2,(H2,36,37)(H,39,41,42). The van der Waals surface area contributed by atoms with E-state index in [0.29, 0.717) is 56.5 Å². The van der Waals surface area contributed by atoms with Gasteiger partial charge in [-0.25, -0.2) is 9.97 Å². The zero-order valence-corrected chi connectivity index (χ0v) is 26.1. The summed E-state index contributed by atoms with van der Waals surface area (Å²) in [7, 11) is 0. The van der Waals surface area contributed by atoms with Crippen LogP contribution in [0.5, 0.6) is 11.5 Å². The van der Waals surface area contributed by atoms with Crippen LogP contribution >= 0.6 is 11.3 Å². The van der Waals surface area contributed by atoms with Crippen LogP contribution in [0.4, 0.5) is 5.82 Å². The van der Waals surface area contributed by atoms with Gasteiger partial charge in [-0.1, -0.05) is 24.3 Å². The number of nitrogens with two attached hydrogens (primary N) is 1. The lowest BCUT2D eigenvalue weighted by Gasteiger charge is -2.29. The predicted molar refractivity (Wildman–Crippen MR) is 177 cm³/mol. The van der Waals surface area contributed by atoms with Crippen LogP contribution in [0.3, 0.4) is 0 Å². The number of hydrogen-bond acceptors (Lipinski definition) is 10. The first kappa shape index (κ1) is 30.3. The molecule has 1 fully saturated rings. The Balaban J connectivity index is 0.853. The molecule has 47 heavy (non-hydrogen) atoms. The molecule has 1 unspecified atom stereocenters. The summed E-state index contributed by atoms with van der Waals surface area (Å²) >= 11 is 1.61. The lowest BCUT2D eigenvalue weighted by atomic mass is 10.0. The number of imide groups is 1. The van der Waals surface area contributed by atoms with Gasteiger partial charge in [-0.05, 0) is 66.1 Å². The van der Waals surface area contributed by atoms with Gasteiger partial charge >= 0.3 is 0 Å². The Kier molecular flexibility index (Phi) is 8.51. The Morgan fingerprint density at radius 3 is 2.32 bits per heavy atom. The molecule has 0 aliphatic carbocycles. The van der Waals surface area contributed by atoms with Crippen LogP contribution in [-0.2, 0) is 20.9 Å². The molecule has 0 saturated carbocycles. The summed E-state index contributed by atoms with van der Waals surface area (Å²) in [5.41, 5.74) is 11.1. The molecule has 2 aliphatic rings. The lowest BCUT2D eigenvalue weighted by molar-refractivity contribution is -0.136. The van der Waals surface area contributed by atoms with Crippen molar-refractivity contribution in [1.29, 1.82) is 0 Å². The number of carbonyl (C=O) groups excluding carboxylic acids is 3. The first-order valence-electron chi connectivity index (χ1n) is 15.3. The molecule has 11 nitrogen and oxygen atoms in total. The van der Waals surface area contributed by atoms with E-state index in [2.05, 4.69) is 34.6 Å². The fourth-order valence-electron chi connectivity index (χ4n) is 5.68. The second-order valence-corrected chi connectivity index (χ2v) is 12.3. The predicted octanol–water partition coefficient (Wildman–Crippen LogP) is 4.84. The van der Waals surface area contributed by atoms with Gasteiger partial charge in [-0.15, -0.1) is 11.3 Å². The average Bonchev–Trinajstić information content (AvgIpc) is 3.65. The van der Waals surface area contributed by atoms with Crippen LogP contribution in [0.1, 0.15) is 28.8 Å². The highest BCUT2D eigenvalue weighted by atomic mass is 32.1. The van der Waals surface area contributed by atoms with Crippen LogP contribution in [0, 0.1) is 0 Å². The third kappa shape index (κ3) is 6.64. The van der Waals surface area contributed by atoms with Gasteiger partial charge in [0.25, 0.3) is 5.91 Å². The Labute approximate surface area is 274 Å². The largest absolute Gasteiger partial charge is 0.491 e. The van der Waals surface area contributed by atoms with Crippen molar-refractivity contribution in [2.45, 2.75) is 25.4 Å². The minimum Gasteiger partial charge on any atom is -0.491 e. The van der Waals surface area contributed by atoms with E-state index in [9.17, 15) is 14.4 Å². The van der Waals surface area contributed by atoms with Crippen molar-refractivity contribution in [2.24, 2.45) is 0 Å². The summed E-state index contributed by atoms with van der Waals surface area (Å²) in [6.07, 6.45) is 2.32. The van der Waals surface area contributed by atoms with Crippen molar-refractivity contribution in [1.82, 2.24) is 20.2 Å². The Morgan fingerprint density at radius 1 is 0.851 bits per heavy atom. The molecule has 2 aliphatic heterocycles. The molecule has 7 rings (SSSR count). The number of pyridine rings is 1. The zero-order chi connectivity index (χ0) is 32.3. The van der Waals surface area contributed by atoms with E-state index in [-0.39, 0.29) is 18.2 Å². The second-order valence-electron chi connectivity index (χ2n) is 11.2. The number of aromatic nitrogens is 2. The molecule has 1 saturated heterocycles. The number of rotatable bonds is 11. The molecule has 4 heterocycles. The highest BCUT2D eigenvalue weighted by molar-refractivity contribution is 7.21. The third-order valence-electron chi connectivity index (χ3n) is 8.10. The van der Waals surface area contributed by atoms with Crippen molar-refractivity contribution in [3.05, 3.63) is 90.1 Å². The van der Waals surface area contributed by atoms with Crippen molar-refractivity contribution in [3.8, 4) is 33.2 Å². The highest BCUT2D eigenvalue weighted by Crippen LogP contribution is 2.34. The Bertz CT molecular complexity index is 1960. The summed E-state index contributed by atoms with van der Waals surface area (Å²) in [5, 5.41) is 3.25. The number of piperidine rings is 1. The molecule has 3 aromatic carbocycles. The Hall–Kier alpha value is -5.33. The molecule has 0 spiro atoms. The van der Waals surface area contributed by atoms with Gasteiger partial charge in [0.2, 0.25) is 11.8 Å². The molecule has 238 valence electrons. The fourth-order valence-corrected chi connectivity index (χ4v) is 6.68. The minimum atomic E-state index is -0.641. The maximum atomic E-state index is 12.9. The maximum absolute atomic E-state index is 12.9. The molecule has 3 N–H and O–H groups in total. The number of nitrogens with zero attached hydrogens (tertiary/aromatic N) is 3. The summed E-state index contributed by atoms with van der Waals surface area (Å²) < 4.78 is 18.5. The number of fused-ring (bicyclic) bond motifs is 2. The van der Waals surface area contributed by atoms with Gasteiger partial charge < -0.3 is 24.8 Å². The number of thiazole rings is 1. The lowest BCUT2D eigenvalue weighted by Crippen LogP contribution is -2.52. The van der Waals surface area contributed by atoms with Crippen LogP contribution in [0.25, 0.3) is 31.9 Å². The number of hydrogen-bond donors (Lipinski definition) is 2. The van der Waals surface area contributed by atoms with Gasteiger partial charge in [0, 0.05) is 35.9 Å². The molecule has 0 radical (unpaired) electrons. The fraction of sp³-hybridized carbons (Fsp3) is 0.229. The molecule has 2 aromatic heterocycles. The number of amides is 3. The van der Waals surface area contributed by atoms with Crippen molar-refractivity contribution < 1.29 is 28.6 Å². The molecular formula is C35H31N5O6S. The van der Waals surface area contributed by atoms with E-state index in [1.165, 1.54) is 4.90 Å². The van der Waals surface area contributed by atoms with Crippen LogP contribution in [-0.4, -0.2) is 65.1 Å². The van der Waals surface area contributed by atoms with E-state index in [0.717, 1.165) is 43.2 Å². The zero-order valence-electron chi connectivity index (χ0n) is 25.3. The smallest absolute Gasteiger partial charge is 0.255 e. The van der Waals surface area contributed by atoms with E-state index >= 15 is 0 Å². The summed E-state index contributed by atoms with van der Waals surface area (Å²) in [6.45, 7) is 1.78. The van der Waals surface area contributed by atoms with Gasteiger partial charge in [0.05, 0.1) is 23.4 Å². The monoisotopic (exact) mass is 649 g/mol. The third-order valence-corrected chi connectivity index (χ3v) is 9.17. The quantitative estimate of drug-likeness (QED) is 0.152. The molecule has 0 bridgehead atoms. The summed E-state index contributed by atoms with van der Waals surface area (Å²) in [6, 6.07) is 22.5. The van der Waals surface area contributed by atoms with Gasteiger partial charge in [0.1, 0.15) is 41.6 Å². The maximum Gasteiger partial charge on any atom is 0.255 e. The van der Waals surface area contributed by atoms with Crippen LogP contribution < -0.4 is 20.5 Å². The first-order chi connectivity index (χ1) is 22.9. The summed E-state index contributed by atoms with van der Waals surface area (Å²) in [5.74, 6) is 0.923. The van der Waals surface area contributed by atoms with Gasteiger partial charge in [-0.3, -0.25) is 19.7 Å². The highest BCUT2D eigenvalue weighted by Gasteiger charge is 2.39. The van der Waals surface area contributed by atoms with E-state index in [4.69, 9.17) is 24.9 Å². The number of ether oxygens (including phenoxy) is 3. The average molecular weight is 650 g/mol. The van der Waals surface area contributed by atoms with E-state index < -0.39 is 11.9 Å². The van der Waals surface area contributed by atoms with Crippen molar-refractivity contribution >= 4 is 45.1 Å². The number of anilines is 1. The van der Waals surface area contributed by atoms with Gasteiger partial charge in [-0.2, -0.15) is 0 Å². The second kappa shape index (κ2) is 13.2. The number of carbonyl (C=O) groups is 3. The number of nitrogens with one attached hydrogen (secondary N) is 1. The van der Waals surface area contributed by atoms with E-state index in [1.807, 2.05) is 30.3 Å². The Morgan fingerprint density at radius 2 is 1.57 bits per heavy atom. The molecular weight excluding hydrogens is 618 g/mol. The minimum absolute atomic E-state index is 0.210. The van der Waals surface area contributed by atoms with E-state index in [1.54, 1.807) is 35.7 Å². The van der Waals surface area contributed by atoms with Crippen molar-refractivity contribution in [3.63, 3.8) is 0 Å². The van der Waals surface area contributed by atoms with Crippen LogP contribution in [0.15, 0.2) is 79.0 Å². The first-order valence-corrected chi connectivity index (χ1v) is 16.1. The molecule has 1 atom stereocenters. The summed E-state index contributed by atoms with van der Waals surface area (Å²) in [4.78, 5) is 47.1. The number of benzene rings is 3. The van der Waals surface area contributed by atoms with Gasteiger partial charge in [0.15, 0.2) is 0 Å². The normalized spacial score (nSPS) is 16.0. The number of nitrogen functional groups attached to an aromatic ring is 1. The van der Waals surface area contributed by atoms with Crippen molar-refractivity contribution in [2.75, 3.05) is 32.2 Å². The molecule has 5 aromatic rings. The van der Waals surface area contributed by atoms with Crippen LogP contribution in [0.2, 0.25) is 0 Å². The molecule has 12 heteroatoms. The SMILES string of the molecule is Nc1ccc(-c2ccc(-c3nc4ccc(OCCOCCOc5ccc6c(c5)CN(C5CCC(=O)NC5=O)C6=O)cc4s3)cc2)cn1. The topological polar surface area (TPSA) is 146 Å². The molecule has 3 amide bonds.